The van der Waals surface area contributed by atoms with E-state index in [1.54, 1.807) is 45.9 Å². The Bertz CT molecular complexity index is 1430. The van der Waals surface area contributed by atoms with Crippen LogP contribution in [0.3, 0.4) is 0 Å². The number of nitrogens with zero attached hydrogens (tertiary/aromatic N) is 2. The molecule has 3 aromatic rings. The molecule has 0 radical (unpaired) electrons. The monoisotopic (exact) mass is 593 g/mol. The fourth-order valence-electron chi connectivity index (χ4n) is 3.75. The van der Waals surface area contributed by atoms with E-state index in [4.69, 9.17) is 23.2 Å². The van der Waals surface area contributed by atoms with Crippen LogP contribution in [0.4, 0.5) is 10.1 Å². The van der Waals surface area contributed by atoms with Gasteiger partial charge in [-0.1, -0.05) is 53.5 Å². The van der Waals surface area contributed by atoms with Gasteiger partial charge >= 0.3 is 0 Å². The molecule has 0 fully saturated rings. The van der Waals surface area contributed by atoms with Crippen molar-refractivity contribution >= 4 is 50.7 Å². The van der Waals surface area contributed by atoms with Gasteiger partial charge in [-0.25, -0.2) is 12.8 Å². The Labute approximate surface area is 238 Å². The van der Waals surface area contributed by atoms with Crippen molar-refractivity contribution in [1.82, 2.24) is 10.2 Å². The fraction of sp³-hybridized carbons (Fsp3) is 0.286. The van der Waals surface area contributed by atoms with Crippen LogP contribution in [0.2, 0.25) is 10.0 Å². The quantitative estimate of drug-likeness (QED) is 0.347. The molecule has 2 amide bonds. The number of hydrogen-bond donors (Lipinski definition) is 1. The number of rotatable bonds is 9. The highest BCUT2D eigenvalue weighted by Crippen LogP contribution is 2.33. The Morgan fingerprint density at radius 2 is 1.59 bits per heavy atom. The highest BCUT2D eigenvalue weighted by molar-refractivity contribution is 7.92. The summed E-state index contributed by atoms with van der Waals surface area (Å²) in [5, 5.41) is 3.13. The van der Waals surface area contributed by atoms with Crippen molar-refractivity contribution in [2.75, 3.05) is 10.8 Å². The van der Waals surface area contributed by atoms with Gasteiger partial charge in [0.1, 0.15) is 18.4 Å². The standard InChI is InChI=1S/C28H30Cl2FN3O4S/c1-19(27(36)32-28(2,3)4)33(17-20-10-13-22(31)14-11-20)26(35)18-34(25-16-21(29)12-15-24(25)30)39(37,38)23-8-6-5-7-9-23/h5-16,19H,17-18H2,1-4H3,(H,32,36)/t19-/m1/s1. The molecule has 7 nitrogen and oxygen atoms in total. The predicted octanol–water partition coefficient (Wildman–Crippen LogP) is 5.66. The van der Waals surface area contributed by atoms with Gasteiger partial charge in [-0.15, -0.1) is 0 Å². The second-order valence-corrected chi connectivity index (χ2v) is 12.7. The topological polar surface area (TPSA) is 86.8 Å². The molecule has 0 aliphatic carbocycles. The van der Waals surface area contributed by atoms with Crippen molar-refractivity contribution in [3.63, 3.8) is 0 Å². The van der Waals surface area contributed by atoms with Crippen molar-refractivity contribution in [3.05, 3.63) is 94.2 Å². The molecule has 0 aliphatic heterocycles. The van der Waals surface area contributed by atoms with Crippen LogP contribution in [-0.2, 0) is 26.2 Å². The Hall–Kier alpha value is -3.14. The molecule has 3 rings (SSSR count). The lowest BCUT2D eigenvalue weighted by molar-refractivity contribution is -0.140. The molecule has 0 spiro atoms. The summed E-state index contributed by atoms with van der Waals surface area (Å²) in [6, 6.07) is 16.4. The molecule has 3 aromatic carbocycles. The maximum absolute atomic E-state index is 13.9. The third-order valence-electron chi connectivity index (χ3n) is 5.72. The van der Waals surface area contributed by atoms with E-state index in [0.29, 0.717) is 5.56 Å². The summed E-state index contributed by atoms with van der Waals surface area (Å²) in [6.07, 6.45) is 0. The first kappa shape index (κ1) is 30.4. The molecule has 0 heterocycles. The number of halogens is 3. The van der Waals surface area contributed by atoms with Crippen molar-refractivity contribution in [2.45, 2.75) is 50.7 Å². The van der Waals surface area contributed by atoms with Crippen molar-refractivity contribution < 1.29 is 22.4 Å². The van der Waals surface area contributed by atoms with E-state index in [1.165, 1.54) is 59.5 Å². The fourth-order valence-corrected chi connectivity index (χ4v) is 5.64. The van der Waals surface area contributed by atoms with Crippen molar-refractivity contribution in [2.24, 2.45) is 0 Å². The number of hydrogen-bond acceptors (Lipinski definition) is 4. The molecule has 0 saturated heterocycles. The summed E-state index contributed by atoms with van der Waals surface area (Å²) in [5.74, 6) is -1.56. The lowest BCUT2D eigenvalue weighted by atomic mass is 10.1. The second kappa shape index (κ2) is 12.4. The first-order valence-corrected chi connectivity index (χ1v) is 14.3. The van der Waals surface area contributed by atoms with Gasteiger partial charge in [0.2, 0.25) is 11.8 Å². The second-order valence-electron chi connectivity index (χ2n) is 9.98. The van der Waals surface area contributed by atoms with Gasteiger partial charge in [-0.3, -0.25) is 13.9 Å². The molecule has 0 aliphatic rings. The average Bonchev–Trinajstić information content (AvgIpc) is 2.87. The summed E-state index contributed by atoms with van der Waals surface area (Å²) >= 11 is 12.6. The number of sulfonamides is 1. The van der Waals surface area contributed by atoms with Crippen LogP contribution in [0.1, 0.15) is 33.3 Å². The maximum Gasteiger partial charge on any atom is 0.264 e. The van der Waals surface area contributed by atoms with E-state index < -0.39 is 45.8 Å². The van der Waals surface area contributed by atoms with Gasteiger partial charge in [-0.2, -0.15) is 0 Å². The van der Waals surface area contributed by atoms with Crippen LogP contribution in [0.25, 0.3) is 0 Å². The molecule has 39 heavy (non-hydrogen) atoms. The van der Waals surface area contributed by atoms with E-state index >= 15 is 0 Å². The summed E-state index contributed by atoms with van der Waals surface area (Å²) in [6.45, 7) is 6.22. The van der Waals surface area contributed by atoms with E-state index in [2.05, 4.69) is 5.32 Å². The van der Waals surface area contributed by atoms with E-state index in [0.717, 1.165) is 4.31 Å². The molecule has 1 N–H and O–H groups in total. The molecule has 0 bridgehead atoms. The molecule has 0 unspecified atom stereocenters. The van der Waals surface area contributed by atoms with Crippen LogP contribution in [0, 0.1) is 5.82 Å². The third-order valence-corrected chi connectivity index (χ3v) is 8.05. The highest BCUT2D eigenvalue weighted by Gasteiger charge is 2.34. The SMILES string of the molecule is C[C@H](C(=O)NC(C)(C)C)N(Cc1ccc(F)cc1)C(=O)CN(c1cc(Cl)ccc1Cl)S(=O)(=O)c1ccccc1. The number of carbonyl (C=O) groups is 2. The minimum Gasteiger partial charge on any atom is -0.350 e. The number of nitrogens with one attached hydrogen (secondary N) is 1. The first-order chi connectivity index (χ1) is 18.2. The molecule has 1 atom stereocenters. The van der Waals surface area contributed by atoms with Crippen LogP contribution in [0.5, 0.6) is 0 Å². The Kier molecular flexibility index (Phi) is 9.64. The number of amides is 2. The summed E-state index contributed by atoms with van der Waals surface area (Å²) < 4.78 is 42.0. The normalized spacial score (nSPS) is 12.5. The number of benzene rings is 3. The molecule has 0 aromatic heterocycles. The summed E-state index contributed by atoms with van der Waals surface area (Å²) in [7, 11) is -4.28. The van der Waals surface area contributed by atoms with Crippen LogP contribution >= 0.6 is 23.2 Å². The van der Waals surface area contributed by atoms with Gasteiger partial charge in [0.15, 0.2) is 0 Å². The van der Waals surface area contributed by atoms with Gasteiger partial charge < -0.3 is 10.2 Å². The van der Waals surface area contributed by atoms with Crippen molar-refractivity contribution in [3.8, 4) is 0 Å². The van der Waals surface area contributed by atoms with E-state index in [-0.39, 0.29) is 27.2 Å². The average molecular weight is 595 g/mol. The third kappa shape index (κ3) is 7.94. The predicted molar refractivity (Wildman–Crippen MR) is 152 cm³/mol. The Morgan fingerprint density at radius 1 is 0.974 bits per heavy atom. The lowest BCUT2D eigenvalue weighted by Crippen LogP contribution is -2.54. The van der Waals surface area contributed by atoms with Crippen LogP contribution in [-0.4, -0.2) is 43.3 Å². The van der Waals surface area contributed by atoms with E-state index in [9.17, 15) is 22.4 Å². The maximum atomic E-state index is 13.9. The first-order valence-electron chi connectivity index (χ1n) is 12.1. The zero-order valence-corrected chi connectivity index (χ0v) is 24.3. The van der Waals surface area contributed by atoms with Crippen LogP contribution in [0.15, 0.2) is 77.7 Å². The molecule has 11 heteroatoms. The smallest absolute Gasteiger partial charge is 0.264 e. The lowest BCUT2D eigenvalue weighted by Gasteiger charge is -2.33. The Balaban J connectivity index is 2.06. The highest BCUT2D eigenvalue weighted by atomic mass is 35.5. The molecular formula is C28H30Cl2FN3O4S. The largest absolute Gasteiger partial charge is 0.350 e. The van der Waals surface area contributed by atoms with Gasteiger partial charge in [-0.05, 0) is 75.7 Å². The molecule has 208 valence electrons. The van der Waals surface area contributed by atoms with Gasteiger partial charge in [0.25, 0.3) is 10.0 Å². The zero-order valence-electron chi connectivity index (χ0n) is 22.0. The van der Waals surface area contributed by atoms with Crippen LogP contribution < -0.4 is 9.62 Å². The van der Waals surface area contributed by atoms with E-state index in [1.807, 2.05) is 0 Å². The minimum atomic E-state index is -4.28. The number of anilines is 1. The minimum absolute atomic E-state index is 0.00916. The zero-order chi connectivity index (χ0) is 29.0. The summed E-state index contributed by atoms with van der Waals surface area (Å²) in [5.41, 5.74) is -0.0132. The number of carbonyl (C=O) groups excluding carboxylic acids is 2. The van der Waals surface area contributed by atoms with Gasteiger partial charge in [0, 0.05) is 17.1 Å². The molecule has 0 saturated carbocycles. The van der Waals surface area contributed by atoms with Gasteiger partial charge in [0.05, 0.1) is 15.6 Å². The van der Waals surface area contributed by atoms with Crippen molar-refractivity contribution in [1.29, 1.82) is 0 Å². The summed E-state index contributed by atoms with van der Waals surface area (Å²) in [4.78, 5) is 28.2. The Morgan fingerprint density at radius 3 is 2.18 bits per heavy atom. The molecular weight excluding hydrogens is 564 g/mol.